The maximum Gasteiger partial charge on any atom is 0.326 e. The number of nitrogens with two attached hydrogens (primary N) is 1. The molecule has 6 amide bonds. The lowest BCUT2D eigenvalue weighted by atomic mass is 9.94. The van der Waals surface area contributed by atoms with E-state index in [9.17, 15) is 66.3 Å². The molecule has 37 heteroatoms. The van der Waals surface area contributed by atoms with Gasteiger partial charge in [-0.2, -0.15) is 0 Å². The molecule has 123 heavy (non-hydrogen) atoms. The Bertz CT molecular complexity index is 4970. The fourth-order valence-electron chi connectivity index (χ4n) is 14.8. The number of hydrogen-bond acceptors (Lipinski definition) is 23. The Kier molecular flexibility index (Phi) is 32.8. The van der Waals surface area contributed by atoms with Crippen LogP contribution < -0.4 is 47.1 Å². The molecule has 0 radical (unpaired) electrons. The summed E-state index contributed by atoms with van der Waals surface area (Å²) in [5.74, 6) is -8.45. The van der Waals surface area contributed by atoms with Crippen molar-refractivity contribution in [2.24, 2.45) is 24.8 Å². The molecule has 0 spiro atoms. The lowest BCUT2D eigenvalue weighted by Crippen LogP contribution is -2.58. The number of aliphatic imine (C=N–C) groups is 1. The van der Waals surface area contributed by atoms with Crippen LogP contribution in [0.1, 0.15) is 240 Å². The van der Waals surface area contributed by atoms with Crippen LogP contribution in [0, 0.1) is 20.8 Å². The molecule has 0 fully saturated rings. The highest BCUT2D eigenvalue weighted by molar-refractivity contribution is 7.90. The van der Waals surface area contributed by atoms with Crippen molar-refractivity contribution in [1.29, 1.82) is 0 Å². The molecule has 3 aliphatic rings. The van der Waals surface area contributed by atoms with Crippen molar-refractivity contribution < 1.29 is 89.9 Å². The van der Waals surface area contributed by atoms with E-state index in [1.165, 1.54) is 0 Å². The highest BCUT2D eigenvalue weighted by Gasteiger charge is 2.39. The first kappa shape index (κ1) is 98.2. The molecule has 4 atom stereocenters. The lowest BCUT2D eigenvalue weighted by molar-refractivity contribution is -0.157. The smallest absolute Gasteiger partial charge is 0.326 e. The first-order valence-corrected chi connectivity index (χ1v) is 43.6. The van der Waals surface area contributed by atoms with Gasteiger partial charge in [-0.3, -0.25) is 62.7 Å². The molecule has 0 aliphatic carbocycles. The standard InChI is InChI=1S/C86H121Cl2N15O19S/c1-48-49(2)72(50(3)53-45-86(16,17)122-71(48)53)123(116,117)99-81(89)90-40-22-29-56(75(109)97-58(33-36-67(107)120-84(10,11)12)77(111)98-59(80(114)115)34-37-68(108)121-85(13,14)15)96-76(110)57(32-35-66(106)119-83(7,8)9)91-64(104)30-23-41-102-43-38-62-60(46-102)92-73(100(62)18)78(112)94-54-27-20-25-51(69(54)87)52-26-21-28-55(70(52)88)95-79(113)74-93-61-47-103(44-39-63(61)101(74)19)42-24-31-65(105)118-82(4,5)6/h20-21,25-28,56-59H,22-24,29-47H2,1-19H3,(H,91,104)(H,94,112)(H,95,113)(H,96,110)(H,97,109)(H,98,111)(H,114,115)(H3,89,90,99)/t56-,57-,58-,59-/m0/s1. The second-order valence-electron chi connectivity index (χ2n) is 35.9. The summed E-state index contributed by atoms with van der Waals surface area (Å²) < 4.78 is 62.2. The fourth-order valence-corrected chi connectivity index (χ4v) is 16.8. The van der Waals surface area contributed by atoms with Gasteiger partial charge in [0, 0.05) is 126 Å². The van der Waals surface area contributed by atoms with Gasteiger partial charge >= 0.3 is 29.8 Å². The lowest BCUT2D eigenvalue weighted by Gasteiger charge is -2.27. The molecule has 34 nitrogen and oxygen atoms in total. The van der Waals surface area contributed by atoms with E-state index in [0.29, 0.717) is 96.8 Å². The Hall–Kier alpha value is -10.2. The van der Waals surface area contributed by atoms with E-state index in [1.807, 2.05) is 39.5 Å². The first-order chi connectivity index (χ1) is 57.2. The average molecular weight is 1770 g/mol. The Labute approximate surface area is 729 Å². The van der Waals surface area contributed by atoms with Crippen molar-refractivity contribution in [2.75, 3.05) is 43.4 Å². The van der Waals surface area contributed by atoms with E-state index >= 15 is 0 Å². The molecule has 3 aromatic carbocycles. The molecular formula is C86H121Cl2N15O19S. The van der Waals surface area contributed by atoms with Crippen LogP contribution in [0.2, 0.25) is 10.0 Å². The molecule has 5 aromatic rings. The second-order valence-corrected chi connectivity index (χ2v) is 38.3. The van der Waals surface area contributed by atoms with E-state index < -0.39 is 160 Å². The molecule has 674 valence electrons. The summed E-state index contributed by atoms with van der Waals surface area (Å²) in [6.45, 7) is 31.8. The summed E-state index contributed by atoms with van der Waals surface area (Å²) in [6.07, 6.45) is -0.452. The molecule has 0 unspecified atom stereocenters. The quantitative estimate of drug-likeness (QED) is 0.00592. The Morgan fingerprint density at radius 1 is 0.561 bits per heavy atom. The van der Waals surface area contributed by atoms with Gasteiger partial charge in [-0.25, -0.2) is 27.9 Å². The number of imidazole rings is 2. The number of fused-ring (bicyclic) bond motifs is 3. The average Bonchev–Trinajstić information content (AvgIpc) is 1.63. The van der Waals surface area contributed by atoms with E-state index in [4.69, 9.17) is 62.6 Å². The number of ether oxygens (including phenoxy) is 5. The van der Waals surface area contributed by atoms with Crippen molar-refractivity contribution in [2.45, 2.75) is 284 Å². The topological polar surface area (TPSA) is 453 Å². The predicted molar refractivity (Wildman–Crippen MR) is 462 cm³/mol. The largest absolute Gasteiger partial charge is 0.487 e. The van der Waals surface area contributed by atoms with Crippen LogP contribution in [0.3, 0.4) is 0 Å². The summed E-state index contributed by atoms with van der Waals surface area (Å²) in [5, 5.41) is 26.7. The van der Waals surface area contributed by atoms with Crippen LogP contribution >= 0.6 is 23.2 Å². The third kappa shape index (κ3) is 28.1. The third-order valence-electron chi connectivity index (χ3n) is 20.4. The highest BCUT2D eigenvalue weighted by atomic mass is 35.5. The maximum absolute atomic E-state index is 14.9. The molecule has 2 aromatic heterocycles. The van der Waals surface area contributed by atoms with Crippen LogP contribution in [-0.4, -0.2) is 199 Å². The van der Waals surface area contributed by atoms with Gasteiger partial charge in [-0.15, -0.1) is 0 Å². The second kappa shape index (κ2) is 41.1. The van der Waals surface area contributed by atoms with E-state index in [2.05, 4.69) is 46.5 Å². The van der Waals surface area contributed by atoms with Crippen LogP contribution in [0.25, 0.3) is 11.1 Å². The van der Waals surface area contributed by atoms with E-state index in [0.717, 1.165) is 29.2 Å². The number of nitrogens with zero attached hydrogens (tertiary/aromatic N) is 7. The van der Waals surface area contributed by atoms with Crippen LogP contribution in [0.5, 0.6) is 5.75 Å². The number of carboxylic acid groups (broad SMARTS) is 1. The molecule has 5 heterocycles. The molecule has 8 rings (SSSR count). The number of esters is 4. The maximum atomic E-state index is 14.9. The van der Waals surface area contributed by atoms with E-state index in [1.54, 1.807) is 143 Å². The summed E-state index contributed by atoms with van der Waals surface area (Å²) in [5.41, 5.74) is 9.13. The van der Waals surface area contributed by atoms with Crippen LogP contribution in [-0.2, 0) is 119 Å². The minimum atomic E-state index is -4.37. The Morgan fingerprint density at radius 2 is 0.959 bits per heavy atom. The number of carbonyl (C=O) groups is 11. The van der Waals surface area contributed by atoms with Gasteiger partial charge < -0.3 is 75.6 Å². The number of guanidine groups is 1. The number of amides is 6. The number of carbonyl (C=O) groups excluding carboxylic acids is 10. The monoisotopic (exact) mass is 1770 g/mol. The van der Waals surface area contributed by atoms with Gasteiger partial charge in [0.2, 0.25) is 29.6 Å². The van der Waals surface area contributed by atoms with Gasteiger partial charge in [0.1, 0.15) is 57.9 Å². The Morgan fingerprint density at radius 3 is 1.39 bits per heavy atom. The number of aromatic nitrogens is 4. The van der Waals surface area contributed by atoms with E-state index in [-0.39, 0.29) is 89.9 Å². The summed E-state index contributed by atoms with van der Waals surface area (Å²) in [7, 11) is -0.847. The van der Waals surface area contributed by atoms with Crippen LogP contribution in [0.4, 0.5) is 11.4 Å². The number of benzene rings is 3. The normalized spacial score (nSPS) is 15.3. The number of anilines is 2. The molecule has 3 aliphatic heterocycles. The summed E-state index contributed by atoms with van der Waals surface area (Å²) in [6, 6.07) is 3.61. The predicted octanol–water partition coefficient (Wildman–Crippen LogP) is 9.35. The van der Waals surface area contributed by atoms with Gasteiger partial charge in [-0.05, 0) is 205 Å². The van der Waals surface area contributed by atoms with Crippen molar-refractivity contribution in [3.8, 4) is 16.9 Å². The third-order valence-corrected chi connectivity index (χ3v) is 22.9. The number of sulfonamides is 1. The number of rotatable bonds is 36. The molecule has 0 bridgehead atoms. The number of nitrogens with one attached hydrogen (secondary N) is 7. The fraction of sp³-hybridized carbons (Fsp3) is 0.581. The van der Waals surface area contributed by atoms with Gasteiger partial charge in [-0.1, -0.05) is 47.5 Å². The van der Waals surface area contributed by atoms with Crippen molar-refractivity contribution in [1.82, 2.24) is 54.9 Å². The van der Waals surface area contributed by atoms with Gasteiger partial charge in [0.15, 0.2) is 11.6 Å². The molecular weight excluding hydrogens is 1650 g/mol. The zero-order valence-corrected chi connectivity index (χ0v) is 76.3. The van der Waals surface area contributed by atoms with Crippen LogP contribution in [0.15, 0.2) is 46.3 Å². The zero-order valence-electron chi connectivity index (χ0n) is 74.0. The molecule has 0 saturated carbocycles. The van der Waals surface area contributed by atoms with Gasteiger partial charge in [0.25, 0.3) is 21.8 Å². The number of aliphatic carboxylic acids is 1. The van der Waals surface area contributed by atoms with Crippen molar-refractivity contribution in [3.63, 3.8) is 0 Å². The number of carboxylic acids is 1. The molecule has 10 N–H and O–H groups in total. The number of hydrogen-bond donors (Lipinski definition) is 9. The minimum Gasteiger partial charge on any atom is -0.487 e. The summed E-state index contributed by atoms with van der Waals surface area (Å²) in [4.78, 5) is 169. The summed E-state index contributed by atoms with van der Waals surface area (Å²) >= 11 is 14.2. The van der Waals surface area contributed by atoms with Gasteiger partial charge in [0.05, 0.1) is 37.7 Å². The van der Waals surface area contributed by atoms with Crippen molar-refractivity contribution in [3.05, 3.63) is 103 Å². The Balaban J connectivity index is 0.947. The highest BCUT2D eigenvalue weighted by Crippen LogP contribution is 2.45. The SMILES string of the molecule is Cc1c(C)c(S(=O)(=O)NC(N)=NCCC[C@H](NC(=O)[C@H](CCC(=O)OC(C)(C)C)NC(=O)CCCN2CCc3c(nc(C(=O)Nc4cccc(-c5cccc(NC(=O)c6nc7c(n6C)CCN(CCCC(=O)OC(C)(C)C)C7)c5Cl)c4Cl)n3C)C2)C(=O)N[C@@H](CCC(=O)OC(C)(C)C)C(=O)N[C@@H](CCC(=O)OC(C)(C)C)C(=O)O)c(C)c2c1OC(C)(C)C2. The molecule has 0 saturated heterocycles. The minimum absolute atomic E-state index is 0.00712. The number of halogens is 2. The van der Waals surface area contributed by atoms with Crippen molar-refractivity contribution >= 4 is 116 Å². The first-order valence-electron chi connectivity index (χ1n) is 41.4. The zero-order chi connectivity index (χ0) is 91.3.